The van der Waals surface area contributed by atoms with Crippen LogP contribution in [0, 0.1) is 0 Å². The third-order valence-electron chi connectivity index (χ3n) is 3.03. The van der Waals surface area contributed by atoms with Crippen molar-refractivity contribution in [3.63, 3.8) is 0 Å². The average molecular weight is 315 g/mol. The van der Waals surface area contributed by atoms with E-state index in [-0.39, 0.29) is 23.3 Å². The summed E-state index contributed by atoms with van der Waals surface area (Å²) >= 11 is 0. The number of aliphatic hydroxyl groups is 1. The van der Waals surface area contributed by atoms with Crippen LogP contribution < -0.4 is 10.1 Å². The van der Waals surface area contributed by atoms with Gasteiger partial charge in [-0.2, -0.15) is 0 Å². The summed E-state index contributed by atoms with van der Waals surface area (Å²) in [5, 5.41) is 19.7. The van der Waals surface area contributed by atoms with Crippen molar-refractivity contribution < 1.29 is 28.2 Å². The van der Waals surface area contributed by atoms with E-state index >= 15 is 0 Å². The maximum Gasteiger partial charge on any atom is 0.404 e. The van der Waals surface area contributed by atoms with E-state index in [4.69, 9.17) is 9.84 Å². The largest absolute Gasteiger partial charge is 0.491 e. The van der Waals surface area contributed by atoms with Crippen molar-refractivity contribution in [3.05, 3.63) is 24.3 Å². The van der Waals surface area contributed by atoms with Crippen molar-refractivity contribution in [2.45, 2.75) is 29.1 Å². The van der Waals surface area contributed by atoms with Crippen LogP contribution in [0.2, 0.25) is 0 Å². The lowest BCUT2D eigenvalue weighted by Gasteiger charge is -2.13. The van der Waals surface area contributed by atoms with E-state index in [0.717, 1.165) is 0 Å². The molecule has 0 aromatic heterocycles. The molecule has 0 radical (unpaired) electrons. The highest BCUT2D eigenvalue weighted by Gasteiger charge is 2.36. The van der Waals surface area contributed by atoms with E-state index in [2.05, 4.69) is 0 Å². The predicted octanol–water partition coefficient (Wildman–Crippen LogP) is 0.630. The van der Waals surface area contributed by atoms with Gasteiger partial charge in [-0.05, 0) is 31.0 Å². The Kier molecular flexibility index (Phi) is 4.69. The first-order valence-electron chi connectivity index (χ1n) is 6.51. The Bertz CT molecular complexity index is 611. The van der Waals surface area contributed by atoms with Gasteiger partial charge in [0.05, 0.1) is 16.7 Å². The fourth-order valence-corrected chi connectivity index (χ4v) is 3.46. The Labute approximate surface area is 122 Å². The van der Waals surface area contributed by atoms with Crippen LogP contribution in [-0.2, 0) is 9.84 Å². The predicted molar refractivity (Wildman–Crippen MR) is 74.2 cm³/mol. The molecule has 0 bridgehead atoms. The van der Waals surface area contributed by atoms with E-state index < -0.39 is 22.0 Å². The number of ether oxygens (including phenoxy) is 1. The van der Waals surface area contributed by atoms with E-state index in [1.807, 2.05) is 5.32 Å². The fraction of sp³-hybridized carbons (Fsp3) is 0.462. The molecule has 2 rings (SSSR count). The summed E-state index contributed by atoms with van der Waals surface area (Å²) in [4.78, 5) is 10.5. The Hall–Kier alpha value is -1.80. The molecule has 1 atom stereocenters. The highest BCUT2D eigenvalue weighted by Crippen LogP contribution is 2.34. The Morgan fingerprint density at radius 3 is 2.76 bits per heavy atom. The summed E-state index contributed by atoms with van der Waals surface area (Å²) in [5.74, 6) is 0.325. The van der Waals surface area contributed by atoms with Crippen molar-refractivity contribution in [2.24, 2.45) is 0 Å². The van der Waals surface area contributed by atoms with Gasteiger partial charge in [-0.3, -0.25) is 0 Å². The lowest BCUT2D eigenvalue weighted by atomic mass is 10.3. The van der Waals surface area contributed by atoms with Crippen LogP contribution >= 0.6 is 0 Å². The molecule has 1 saturated carbocycles. The zero-order valence-corrected chi connectivity index (χ0v) is 12.0. The van der Waals surface area contributed by atoms with E-state index in [9.17, 15) is 18.3 Å². The number of nitrogens with one attached hydrogen (secondary N) is 1. The molecule has 8 heteroatoms. The number of hydrogen-bond donors (Lipinski definition) is 3. The van der Waals surface area contributed by atoms with Crippen LogP contribution in [0.15, 0.2) is 29.2 Å². The number of amides is 1. The molecule has 116 valence electrons. The molecule has 1 aromatic rings. The Morgan fingerprint density at radius 1 is 1.43 bits per heavy atom. The van der Waals surface area contributed by atoms with Gasteiger partial charge in [0.15, 0.2) is 9.84 Å². The number of rotatable bonds is 7. The van der Waals surface area contributed by atoms with Gasteiger partial charge in [0.2, 0.25) is 0 Å². The van der Waals surface area contributed by atoms with E-state index in [0.29, 0.717) is 18.6 Å². The molecule has 1 aliphatic rings. The molecule has 0 saturated heterocycles. The molecule has 1 aromatic carbocycles. The van der Waals surface area contributed by atoms with Gasteiger partial charge in [-0.25, -0.2) is 13.2 Å². The van der Waals surface area contributed by atoms with Crippen LogP contribution in [0.1, 0.15) is 12.8 Å². The molecule has 3 N–H and O–H groups in total. The molecule has 21 heavy (non-hydrogen) atoms. The maximum absolute atomic E-state index is 12.1. The van der Waals surface area contributed by atoms with Gasteiger partial charge in [0.1, 0.15) is 18.5 Å². The second-order valence-corrected chi connectivity index (χ2v) is 7.10. The van der Waals surface area contributed by atoms with Gasteiger partial charge < -0.3 is 20.3 Å². The summed E-state index contributed by atoms with van der Waals surface area (Å²) in [6, 6.07) is 6.10. The Balaban J connectivity index is 1.94. The van der Waals surface area contributed by atoms with Gasteiger partial charge >= 0.3 is 6.09 Å². The van der Waals surface area contributed by atoms with Crippen molar-refractivity contribution in [2.75, 3.05) is 13.2 Å². The van der Waals surface area contributed by atoms with Crippen LogP contribution in [0.4, 0.5) is 4.79 Å². The summed E-state index contributed by atoms with van der Waals surface area (Å²) in [5.41, 5.74) is 0. The SMILES string of the molecule is O=C(O)NCC(O)COc1cccc(S(=O)(=O)C2CC2)c1. The second-order valence-electron chi connectivity index (χ2n) is 4.87. The number of hydrogen-bond acceptors (Lipinski definition) is 5. The number of sulfone groups is 1. The van der Waals surface area contributed by atoms with Crippen LogP contribution in [0.3, 0.4) is 0 Å². The quantitative estimate of drug-likeness (QED) is 0.680. The summed E-state index contributed by atoms with van der Waals surface area (Å²) in [7, 11) is -3.28. The molecule has 1 amide bonds. The van der Waals surface area contributed by atoms with Crippen LogP contribution in [0.5, 0.6) is 5.75 Å². The third-order valence-corrected chi connectivity index (χ3v) is 5.29. The first kappa shape index (κ1) is 15.6. The zero-order valence-electron chi connectivity index (χ0n) is 11.2. The highest BCUT2D eigenvalue weighted by molar-refractivity contribution is 7.92. The molecular formula is C13H17NO6S. The zero-order chi connectivity index (χ0) is 15.5. The standard InChI is InChI=1S/C13H17NO6S/c15-9(7-14-13(16)17)8-20-10-2-1-3-12(6-10)21(18,19)11-4-5-11/h1-3,6,9,11,14-15H,4-5,7-8H2,(H,16,17). The van der Waals surface area contributed by atoms with E-state index in [1.54, 1.807) is 12.1 Å². The molecule has 0 aliphatic heterocycles. The third kappa shape index (κ3) is 4.33. The smallest absolute Gasteiger partial charge is 0.404 e. The van der Waals surface area contributed by atoms with Crippen molar-refractivity contribution >= 4 is 15.9 Å². The van der Waals surface area contributed by atoms with Gasteiger partial charge in [-0.1, -0.05) is 6.07 Å². The Morgan fingerprint density at radius 2 is 2.14 bits per heavy atom. The first-order chi connectivity index (χ1) is 9.89. The van der Waals surface area contributed by atoms with E-state index in [1.165, 1.54) is 12.1 Å². The number of benzene rings is 1. The molecule has 1 aliphatic carbocycles. The molecule has 1 unspecified atom stereocenters. The van der Waals surface area contributed by atoms with Crippen LogP contribution in [-0.4, -0.2) is 49.2 Å². The number of carboxylic acid groups (broad SMARTS) is 1. The number of aliphatic hydroxyl groups excluding tert-OH is 1. The minimum atomic E-state index is -3.28. The van der Waals surface area contributed by atoms with Crippen molar-refractivity contribution in [3.8, 4) is 5.75 Å². The first-order valence-corrected chi connectivity index (χ1v) is 8.06. The molecule has 7 nitrogen and oxygen atoms in total. The number of carbonyl (C=O) groups is 1. The summed E-state index contributed by atoms with van der Waals surface area (Å²) in [6.45, 7) is -0.289. The topological polar surface area (TPSA) is 113 Å². The molecule has 1 fully saturated rings. The minimum absolute atomic E-state index is 0.132. The van der Waals surface area contributed by atoms with Crippen LogP contribution in [0.25, 0.3) is 0 Å². The van der Waals surface area contributed by atoms with Crippen molar-refractivity contribution in [1.82, 2.24) is 5.32 Å². The minimum Gasteiger partial charge on any atom is -0.491 e. The summed E-state index contributed by atoms with van der Waals surface area (Å²) in [6.07, 6.45) is -0.864. The van der Waals surface area contributed by atoms with Gasteiger partial charge in [0.25, 0.3) is 0 Å². The van der Waals surface area contributed by atoms with Gasteiger partial charge in [-0.15, -0.1) is 0 Å². The fourth-order valence-electron chi connectivity index (χ4n) is 1.77. The second kappa shape index (κ2) is 6.31. The normalized spacial score (nSPS) is 16.2. The van der Waals surface area contributed by atoms with Crippen molar-refractivity contribution in [1.29, 1.82) is 0 Å². The maximum atomic E-state index is 12.1. The average Bonchev–Trinajstić information content (AvgIpc) is 3.28. The molecule has 0 heterocycles. The van der Waals surface area contributed by atoms with Gasteiger partial charge in [0, 0.05) is 0 Å². The highest BCUT2D eigenvalue weighted by atomic mass is 32.2. The lowest BCUT2D eigenvalue weighted by molar-refractivity contribution is 0.104. The lowest BCUT2D eigenvalue weighted by Crippen LogP contribution is -2.34. The monoisotopic (exact) mass is 315 g/mol. The summed E-state index contributed by atoms with van der Waals surface area (Å²) < 4.78 is 29.5. The molecule has 0 spiro atoms. The molecular weight excluding hydrogens is 298 g/mol.